The first-order chi connectivity index (χ1) is 13.1. The fourth-order valence-corrected chi connectivity index (χ4v) is 5.61. The van der Waals surface area contributed by atoms with Gasteiger partial charge in [0.25, 0.3) is 11.6 Å². The van der Waals surface area contributed by atoms with Crippen LogP contribution in [0, 0.1) is 10.1 Å². The minimum Gasteiger partial charge on any atom is -0.326 e. The van der Waals surface area contributed by atoms with Gasteiger partial charge in [-0.3, -0.25) is 14.9 Å². The molecule has 0 bridgehead atoms. The van der Waals surface area contributed by atoms with E-state index in [1.54, 1.807) is 39.7 Å². The molecule has 1 aromatic carbocycles. The number of carbonyl (C=O) groups excluding carboxylic acids is 1. The van der Waals surface area contributed by atoms with Crippen LogP contribution in [-0.4, -0.2) is 28.5 Å². The zero-order valence-corrected chi connectivity index (χ0v) is 16.9. The topological polar surface area (TPSA) is 63.5 Å². The Morgan fingerprint density at radius 1 is 1.26 bits per heavy atom. The lowest BCUT2D eigenvalue weighted by atomic mass is 9.97. The van der Waals surface area contributed by atoms with Gasteiger partial charge in [0.1, 0.15) is 5.56 Å². The van der Waals surface area contributed by atoms with Crippen LogP contribution >= 0.6 is 34.4 Å². The van der Waals surface area contributed by atoms with Crippen LogP contribution in [0.4, 0.5) is 5.69 Å². The smallest absolute Gasteiger partial charge is 0.282 e. The van der Waals surface area contributed by atoms with Crippen molar-refractivity contribution in [3.05, 3.63) is 78.2 Å². The quantitative estimate of drug-likeness (QED) is 0.332. The van der Waals surface area contributed by atoms with E-state index in [9.17, 15) is 14.9 Å². The molecule has 27 heavy (non-hydrogen) atoms. The predicted molar refractivity (Wildman–Crippen MR) is 110 cm³/mol. The Hall–Kier alpha value is -2.16. The first kappa shape index (κ1) is 18.2. The Morgan fingerprint density at radius 2 is 2.11 bits per heavy atom. The summed E-state index contributed by atoms with van der Waals surface area (Å²) < 4.78 is 0. The number of fused-ring (bicyclic) bond motifs is 1. The second-order valence-corrected chi connectivity index (χ2v) is 8.97. The largest absolute Gasteiger partial charge is 0.326 e. The summed E-state index contributed by atoms with van der Waals surface area (Å²) in [5.41, 5.74) is 1.15. The van der Waals surface area contributed by atoms with E-state index < -0.39 is 4.92 Å². The molecule has 0 spiro atoms. The van der Waals surface area contributed by atoms with Crippen molar-refractivity contribution in [1.82, 2.24) is 4.90 Å². The van der Waals surface area contributed by atoms with E-state index in [1.165, 1.54) is 22.7 Å². The van der Waals surface area contributed by atoms with Gasteiger partial charge < -0.3 is 4.90 Å². The number of thiophene rings is 2. The third-order valence-corrected chi connectivity index (χ3v) is 7.32. The van der Waals surface area contributed by atoms with Crippen molar-refractivity contribution in [2.45, 2.75) is 17.4 Å². The summed E-state index contributed by atoms with van der Waals surface area (Å²) in [7, 11) is 0. The maximum atomic E-state index is 13.5. The van der Waals surface area contributed by atoms with Crippen LogP contribution in [-0.2, 0) is 6.42 Å². The van der Waals surface area contributed by atoms with Crippen molar-refractivity contribution < 1.29 is 9.72 Å². The molecule has 4 rings (SSSR count). The Bertz CT molecular complexity index is 998. The molecule has 0 radical (unpaired) electrons. The van der Waals surface area contributed by atoms with Crippen molar-refractivity contribution in [1.29, 1.82) is 0 Å². The Morgan fingerprint density at radius 3 is 2.81 bits per heavy atom. The number of thioether (sulfide) groups is 1. The molecule has 3 heterocycles. The maximum absolute atomic E-state index is 13.5. The van der Waals surface area contributed by atoms with E-state index in [1.807, 2.05) is 23.8 Å². The number of nitro benzene ring substituents is 1. The third kappa shape index (κ3) is 3.28. The lowest BCUT2D eigenvalue weighted by molar-refractivity contribution is -0.385. The summed E-state index contributed by atoms with van der Waals surface area (Å²) in [6, 6.07) is 10.6. The summed E-state index contributed by atoms with van der Waals surface area (Å²) in [5, 5.41) is 15.6. The van der Waals surface area contributed by atoms with Crippen LogP contribution in [0.15, 0.2) is 52.1 Å². The van der Waals surface area contributed by atoms with Gasteiger partial charge in [-0.15, -0.1) is 34.4 Å². The number of carbonyl (C=O) groups is 1. The van der Waals surface area contributed by atoms with Gasteiger partial charge in [-0.2, -0.15) is 0 Å². The molecular formula is C19H16N2O3S3. The number of amides is 1. The molecular weight excluding hydrogens is 400 g/mol. The van der Waals surface area contributed by atoms with Gasteiger partial charge in [-0.05, 0) is 53.3 Å². The van der Waals surface area contributed by atoms with E-state index in [2.05, 4.69) is 11.4 Å². The molecule has 1 atom stereocenters. The predicted octanol–water partition coefficient (Wildman–Crippen LogP) is 5.23. The average Bonchev–Trinajstić information content (AvgIpc) is 3.37. The fraction of sp³-hybridized carbons (Fsp3) is 0.211. The van der Waals surface area contributed by atoms with Gasteiger partial charge in [0.15, 0.2) is 0 Å². The molecule has 8 heteroatoms. The second kappa shape index (κ2) is 7.46. The summed E-state index contributed by atoms with van der Waals surface area (Å²) in [4.78, 5) is 29.5. The zero-order valence-electron chi connectivity index (χ0n) is 14.5. The van der Waals surface area contributed by atoms with Gasteiger partial charge >= 0.3 is 0 Å². The normalized spacial score (nSPS) is 16.2. The molecule has 1 amide bonds. The Labute approximate surface area is 168 Å². The number of hydrogen-bond donors (Lipinski definition) is 0. The summed E-state index contributed by atoms with van der Waals surface area (Å²) in [5.74, 6) is -0.284. The second-order valence-electron chi connectivity index (χ2n) is 6.11. The zero-order chi connectivity index (χ0) is 19.0. The van der Waals surface area contributed by atoms with Gasteiger partial charge in [0.05, 0.1) is 11.0 Å². The highest BCUT2D eigenvalue weighted by molar-refractivity contribution is 7.98. The molecule has 138 valence electrons. The van der Waals surface area contributed by atoms with Crippen molar-refractivity contribution in [2.24, 2.45) is 0 Å². The van der Waals surface area contributed by atoms with E-state index in [0.29, 0.717) is 6.54 Å². The van der Waals surface area contributed by atoms with E-state index in [-0.39, 0.29) is 23.2 Å². The standard InChI is InChI=1S/C19H16N2O3S3/c1-25-12-4-5-15(21(23)24)14(11-12)19(22)20-8-6-16-13(7-10-27-16)18(20)17-3-2-9-26-17/h2-5,7,9-11,18H,6,8H2,1H3. The monoisotopic (exact) mass is 416 g/mol. The van der Waals surface area contributed by atoms with E-state index in [0.717, 1.165) is 21.8 Å². The minimum atomic E-state index is -0.475. The van der Waals surface area contributed by atoms with E-state index in [4.69, 9.17) is 0 Å². The molecule has 0 N–H and O–H groups in total. The number of benzene rings is 1. The van der Waals surface area contributed by atoms with Gasteiger partial charge in [-0.1, -0.05) is 6.07 Å². The van der Waals surface area contributed by atoms with Crippen LogP contribution in [0.25, 0.3) is 0 Å². The van der Waals surface area contributed by atoms with Gasteiger partial charge in [0.2, 0.25) is 0 Å². The highest BCUT2D eigenvalue weighted by Crippen LogP contribution is 2.41. The Kier molecular flexibility index (Phi) is 5.03. The summed E-state index contributed by atoms with van der Waals surface area (Å²) >= 11 is 4.78. The third-order valence-electron chi connectivity index (χ3n) is 4.67. The molecule has 3 aromatic rings. The highest BCUT2D eigenvalue weighted by Gasteiger charge is 2.36. The van der Waals surface area contributed by atoms with Crippen LogP contribution in [0.1, 0.15) is 31.7 Å². The highest BCUT2D eigenvalue weighted by atomic mass is 32.2. The van der Waals surface area contributed by atoms with Crippen LogP contribution in [0.3, 0.4) is 0 Å². The fourth-order valence-electron chi connectivity index (χ4n) is 3.42. The van der Waals surface area contributed by atoms with Crippen molar-refractivity contribution in [2.75, 3.05) is 12.8 Å². The number of rotatable bonds is 4. The van der Waals surface area contributed by atoms with Crippen LogP contribution in [0.5, 0.6) is 0 Å². The molecule has 5 nitrogen and oxygen atoms in total. The Balaban J connectivity index is 1.81. The molecule has 1 aliphatic rings. The molecule has 0 aliphatic carbocycles. The van der Waals surface area contributed by atoms with Crippen molar-refractivity contribution in [3.63, 3.8) is 0 Å². The lowest BCUT2D eigenvalue weighted by Crippen LogP contribution is -2.40. The number of hydrogen-bond acceptors (Lipinski definition) is 6. The summed E-state index contributed by atoms with van der Waals surface area (Å²) in [6.07, 6.45) is 2.67. The first-order valence-corrected chi connectivity index (χ1v) is 11.3. The SMILES string of the molecule is CSc1ccc([N+](=O)[O-])c(C(=O)N2CCc3sccc3C2c2cccs2)c1. The molecule has 0 saturated carbocycles. The molecule has 1 unspecified atom stereocenters. The minimum absolute atomic E-state index is 0.140. The van der Waals surface area contributed by atoms with Crippen LogP contribution < -0.4 is 0 Å². The first-order valence-electron chi connectivity index (χ1n) is 8.33. The molecule has 1 aliphatic heterocycles. The maximum Gasteiger partial charge on any atom is 0.282 e. The van der Waals surface area contributed by atoms with Crippen molar-refractivity contribution in [3.8, 4) is 0 Å². The molecule has 2 aromatic heterocycles. The molecule has 0 fully saturated rings. The van der Waals surface area contributed by atoms with Crippen LogP contribution in [0.2, 0.25) is 0 Å². The number of nitrogens with zero attached hydrogens (tertiary/aromatic N) is 2. The average molecular weight is 417 g/mol. The number of nitro groups is 1. The summed E-state index contributed by atoms with van der Waals surface area (Å²) in [6.45, 7) is 0.551. The van der Waals surface area contributed by atoms with Gasteiger partial charge in [-0.25, -0.2) is 0 Å². The molecule has 0 saturated heterocycles. The van der Waals surface area contributed by atoms with Gasteiger partial charge in [0, 0.05) is 27.3 Å². The lowest BCUT2D eigenvalue weighted by Gasteiger charge is -2.35. The van der Waals surface area contributed by atoms with Crippen molar-refractivity contribution >= 4 is 46.0 Å². The van der Waals surface area contributed by atoms with E-state index >= 15 is 0 Å².